The molecule has 0 saturated heterocycles. The van der Waals surface area contributed by atoms with E-state index in [1.54, 1.807) is 6.92 Å². The van der Waals surface area contributed by atoms with Crippen LogP contribution in [0.15, 0.2) is 28.2 Å². The molecule has 11 heteroatoms. The van der Waals surface area contributed by atoms with Gasteiger partial charge in [-0.2, -0.15) is 5.10 Å². The van der Waals surface area contributed by atoms with E-state index in [-0.39, 0.29) is 16.0 Å². The van der Waals surface area contributed by atoms with Gasteiger partial charge in [-0.3, -0.25) is 9.59 Å². The number of carbonyl (C=O) groups is 1. The van der Waals surface area contributed by atoms with Crippen molar-refractivity contribution in [1.29, 1.82) is 0 Å². The number of nitrogens with zero attached hydrogens (tertiary/aromatic N) is 2. The van der Waals surface area contributed by atoms with Crippen LogP contribution in [0.1, 0.15) is 17.3 Å². The van der Waals surface area contributed by atoms with Crippen molar-refractivity contribution in [2.75, 3.05) is 6.61 Å². The molecule has 0 fully saturated rings. The highest BCUT2D eigenvalue weighted by molar-refractivity contribution is 6.31. The molecule has 1 aromatic carbocycles. The molecule has 0 aliphatic carbocycles. The third kappa shape index (κ3) is 4.54. The zero-order valence-electron chi connectivity index (χ0n) is 14.7. The molecule has 28 heavy (non-hydrogen) atoms. The van der Waals surface area contributed by atoms with Gasteiger partial charge in [-0.25, -0.2) is 9.82 Å². The van der Waals surface area contributed by atoms with Crippen LogP contribution in [-0.4, -0.2) is 62.0 Å². The topological polar surface area (TPSA) is 144 Å². The second kappa shape index (κ2) is 9.22. The van der Waals surface area contributed by atoms with E-state index in [9.17, 15) is 29.3 Å². The Balaban J connectivity index is 2.31. The van der Waals surface area contributed by atoms with Crippen molar-refractivity contribution in [2.45, 2.75) is 31.8 Å². The van der Waals surface area contributed by atoms with Gasteiger partial charge in [0, 0.05) is 18.1 Å². The molecule has 0 saturated carbocycles. The van der Waals surface area contributed by atoms with Crippen molar-refractivity contribution in [3.05, 3.63) is 45.0 Å². The summed E-state index contributed by atoms with van der Waals surface area (Å²) < 4.78 is 15.3. The summed E-state index contributed by atoms with van der Waals surface area (Å²) in [6.07, 6.45) is -3.01. The molecular weight excluding hydrogens is 397 g/mol. The van der Waals surface area contributed by atoms with Crippen molar-refractivity contribution in [3.8, 4) is 0 Å². The summed E-state index contributed by atoms with van der Waals surface area (Å²) in [4.78, 5) is 24.8. The van der Waals surface area contributed by atoms with E-state index in [1.807, 2.05) is 5.43 Å². The number of aromatic nitrogens is 1. The lowest BCUT2D eigenvalue weighted by molar-refractivity contribution is -0.0542. The largest absolute Gasteiger partial charge is 0.394 e. The van der Waals surface area contributed by atoms with Crippen molar-refractivity contribution in [1.82, 2.24) is 9.99 Å². The Morgan fingerprint density at radius 2 is 2.07 bits per heavy atom. The lowest BCUT2D eigenvalue weighted by Gasteiger charge is -2.18. The Hall–Kier alpha value is -2.37. The zero-order valence-corrected chi connectivity index (χ0v) is 15.5. The Labute approximate surface area is 163 Å². The second-order valence-corrected chi connectivity index (χ2v) is 6.30. The van der Waals surface area contributed by atoms with E-state index in [0.29, 0.717) is 12.1 Å². The van der Waals surface area contributed by atoms with Crippen molar-refractivity contribution in [3.63, 3.8) is 0 Å². The molecule has 5 N–H and O–H groups in total. The number of nitrogens with one attached hydrogen (secondary N) is 1. The molecule has 1 amide bonds. The molecule has 3 atom stereocenters. The molecule has 0 bridgehead atoms. The average Bonchev–Trinajstić information content (AvgIpc) is 2.68. The summed E-state index contributed by atoms with van der Waals surface area (Å²) in [5.41, 5.74) is 1.31. The van der Waals surface area contributed by atoms with Crippen LogP contribution in [0.2, 0.25) is 5.02 Å². The van der Waals surface area contributed by atoms with Crippen LogP contribution >= 0.6 is 11.6 Å². The summed E-state index contributed by atoms with van der Waals surface area (Å²) in [6, 6.07) is 2.24. The molecule has 1 aromatic heterocycles. The predicted octanol–water partition coefficient (Wildman–Crippen LogP) is -0.395. The zero-order chi connectivity index (χ0) is 21.0. The van der Waals surface area contributed by atoms with E-state index in [1.165, 1.54) is 16.8 Å². The fourth-order valence-electron chi connectivity index (χ4n) is 2.46. The van der Waals surface area contributed by atoms with Crippen LogP contribution in [0.5, 0.6) is 0 Å². The molecule has 9 nitrogen and oxygen atoms in total. The minimum atomic E-state index is -1.73. The first-order chi connectivity index (χ1) is 13.2. The molecule has 1 heterocycles. The maximum absolute atomic E-state index is 13.8. The number of carbonyl (C=O) groups excluding carboxylic acids is 1. The molecular formula is C17H19ClFN3O6. The standard InChI is InChI=1S/C17H19ClFN3O6/c1-2-22-6-9(15(26)8-3-11(19)10(18)4-12(8)22)17(28)21-20-5-13(24)16(27)14(25)7-23/h3-6,13-14,16,23-25,27H,2,7H2,1H3,(H,21,28)/b20-5+/t13-,14-,16+/m1/s1. The van der Waals surface area contributed by atoms with Crippen molar-refractivity contribution >= 4 is 34.6 Å². The van der Waals surface area contributed by atoms with Gasteiger partial charge in [0.15, 0.2) is 0 Å². The van der Waals surface area contributed by atoms with E-state index >= 15 is 0 Å². The highest BCUT2D eigenvalue weighted by Gasteiger charge is 2.23. The fraction of sp³-hybridized carbons (Fsp3) is 0.353. The summed E-state index contributed by atoms with van der Waals surface area (Å²) in [7, 11) is 0. The number of aryl methyl sites for hydroxylation is 1. The molecule has 0 aliphatic rings. The number of benzene rings is 1. The highest BCUT2D eigenvalue weighted by Crippen LogP contribution is 2.21. The quantitative estimate of drug-likeness (QED) is 0.307. The predicted molar refractivity (Wildman–Crippen MR) is 99.9 cm³/mol. The third-order valence-corrected chi connectivity index (χ3v) is 4.32. The molecule has 0 radical (unpaired) electrons. The Kier molecular flexibility index (Phi) is 7.22. The summed E-state index contributed by atoms with van der Waals surface area (Å²) in [5, 5.41) is 40.2. The van der Waals surface area contributed by atoms with E-state index in [4.69, 9.17) is 16.7 Å². The van der Waals surface area contributed by atoms with E-state index in [2.05, 4.69) is 5.10 Å². The normalized spacial score (nSPS) is 15.0. The first-order valence-corrected chi connectivity index (χ1v) is 8.59. The molecule has 0 aliphatic heterocycles. The van der Waals surface area contributed by atoms with Gasteiger partial charge in [-0.15, -0.1) is 0 Å². The van der Waals surface area contributed by atoms with Gasteiger partial charge in [0.1, 0.15) is 29.7 Å². The van der Waals surface area contributed by atoms with E-state index < -0.39 is 42.1 Å². The first kappa shape index (κ1) is 21.9. The smallest absolute Gasteiger partial charge is 0.276 e. The number of hydrogen-bond donors (Lipinski definition) is 5. The van der Waals surface area contributed by atoms with Crippen molar-refractivity contribution in [2.24, 2.45) is 5.10 Å². The van der Waals surface area contributed by atoms with Crippen LogP contribution in [0.3, 0.4) is 0 Å². The number of fused-ring (bicyclic) bond motifs is 1. The minimum absolute atomic E-state index is 0.0399. The van der Waals surface area contributed by atoms with Crippen LogP contribution in [0, 0.1) is 5.82 Å². The van der Waals surface area contributed by atoms with Crippen LogP contribution in [0.4, 0.5) is 4.39 Å². The number of amides is 1. The van der Waals surface area contributed by atoms with Gasteiger partial charge in [0.05, 0.1) is 23.4 Å². The lowest BCUT2D eigenvalue weighted by Crippen LogP contribution is -2.40. The maximum atomic E-state index is 13.8. The highest BCUT2D eigenvalue weighted by atomic mass is 35.5. The number of halogens is 2. The molecule has 2 aromatic rings. The monoisotopic (exact) mass is 415 g/mol. The molecule has 0 spiro atoms. The van der Waals surface area contributed by atoms with Crippen LogP contribution < -0.4 is 10.9 Å². The molecule has 2 rings (SSSR count). The number of pyridine rings is 1. The Bertz CT molecular complexity index is 964. The third-order valence-electron chi connectivity index (χ3n) is 4.03. The molecule has 152 valence electrons. The van der Waals surface area contributed by atoms with E-state index in [0.717, 1.165) is 12.3 Å². The van der Waals surface area contributed by atoms with Gasteiger partial charge in [-0.05, 0) is 19.1 Å². The van der Waals surface area contributed by atoms with Crippen LogP contribution in [0.25, 0.3) is 10.9 Å². The number of aliphatic hydroxyl groups is 4. The summed E-state index contributed by atoms with van der Waals surface area (Å²) in [5.74, 6) is -1.73. The second-order valence-electron chi connectivity index (χ2n) is 5.89. The van der Waals surface area contributed by atoms with Gasteiger partial charge in [-0.1, -0.05) is 11.6 Å². The van der Waals surface area contributed by atoms with Crippen molar-refractivity contribution < 1.29 is 29.6 Å². The Morgan fingerprint density at radius 3 is 2.68 bits per heavy atom. The SMILES string of the molecule is CCn1cc(C(=O)N/N=C/[C@@H](O)[C@H](O)[C@H](O)CO)c(=O)c2cc(F)c(Cl)cc21. The maximum Gasteiger partial charge on any atom is 0.276 e. The Morgan fingerprint density at radius 1 is 1.39 bits per heavy atom. The number of hydrazone groups is 1. The fourth-order valence-corrected chi connectivity index (χ4v) is 2.62. The van der Waals surface area contributed by atoms with Gasteiger partial charge in [0.25, 0.3) is 5.91 Å². The first-order valence-electron chi connectivity index (χ1n) is 8.22. The van der Waals surface area contributed by atoms with Gasteiger partial charge in [0.2, 0.25) is 5.43 Å². The van der Waals surface area contributed by atoms with Crippen LogP contribution in [-0.2, 0) is 6.54 Å². The summed E-state index contributed by atoms with van der Waals surface area (Å²) in [6.45, 7) is 1.34. The molecule has 0 unspecified atom stereocenters. The minimum Gasteiger partial charge on any atom is -0.394 e. The summed E-state index contributed by atoms with van der Waals surface area (Å²) >= 11 is 5.76. The van der Waals surface area contributed by atoms with Gasteiger partial charge >= 0.3 is 0 Å². The average molecular weight is 416 g/mol. The van der Waals surface area contributed by atoms with Gasteiger partial charge < -0.3 is 25.0 Å². The number of hydrogen-bond acceptors (Lipinski definition) is 7. The number of rotatable bonds is 7. The lowest BCUT2D eigenvalue weighted by atomic mass is 10.1. The number of aliphatic hydroxyl groups excluding tert-OH is 4.